The van der Waals surface area contributed by atoms with Crippen LogP contribution < -0.4 is 14.8 Å². The van der Waals surface area contributed by atoms with E-state index in [1.807, 2.05) is 18.2 Å². The Kier molecular flexibility index (Phi) is 6.54. The van der Waals surface area contributed by atoms with Gasteiger partial charge in [0, 0.05) is 25.6 Å². The summed E-state index contributed by atoms with van der Waals surface area (Å²) >= 11 is 0. The second-order valence-corrected chi connectivity index (χ2v) is 8.14. The minimum atomic E-state index is -0.297. The molecule has 1 saturated carbocycles. The van der Waals surface area contributed by atoms with Crippen LogP contribution >= 0.6 is 0 Å². The molecule has 1 atom stereocenters. The summed E-state index contributed by atoms with van der Waals surface area (Å²) in [5.74, 6) is 1.26. The number of aryl methyl sites for hydroxylation is 1. The van der Waals surface area contributed by atoms with E-state index in [1.54, 1.807) is 4.90 Å². The maximum atomic E-state index is 12.8. The van der Waals surface area contributed by atoms with Crippen LogP contribution in [-0.2, 0) is 20.7 Å². The Morgan fingerprint density at radius 3 is 2.79 bits per heavy atom. The molecular formula is C22H30N2O5. The Balaban J connectivity index is 1.29. The Morgan fingerprint density at radius 1 is 1.10 bits per heavy atom. The predicted octanol–water partition coefficient (Wildman–Crippen LogP) is 2.27. The first-order valence-corrected chi connectivity index (χ1v) is 10.7. The fourth-order valence-electron chi connectivity index (χ4n) is 4.27. The number of rotatable bonds is 5. The number of carbonyl (C=O) groups is 2. The number of fused-ring (bicyclic) bond motifs is 1. The van der Waals surface area contributed by atoms with Crippen LogP contribution in [0.2, 0.25) is 0 Å². The number of hydrogen-bond acceptors (Lipinski definition) is 5. The first-order chi connectivity index (χ1) is 14.2. The summed E-state index contributed by atoms with van der Waals surface area (Å²) in [6.45, 7) is 2.06. The molecule has 7 heteroatoms. The van der Waals surface area contributed by atoms with E-state index in [-0.39, 0.29) is 30.6 Å². The van der Waals surface area contributed by atoms with Crippen molar-refractivity contribution in [1.82, 2.24) is 10.2 Å². The van der Waals surface area contributed by atoms with Crippen molar-refractivity contribution < 1.29 is 23.8 Å². The average Bonchev–Trinajstić information content (AvgIpc) is 3.06. The van der Waals surface area contributed by atoms with E-state index in [2.05, 4.69) is 5.32 Å². The van der Waals surface area contributed by atoms with Crippen molar-refractivity contribution in [2.75, 3.05) is 33.1 Å². The van der Waals surface area contributed by atoms with Crippen LogP contribution in [0.1, 0.15) is 44.1 Å². The molecule has 7 nitrogen and oxygen atoms in total. The molecule has 2 aliphatic heterocycles. The minimum absolute atomic E-state index is 0.0207. The summed E-state index contributed by atoms with van der Waals surface area (Å²) < 4.78 is 16.4. The van der Waals surface area contributed by atoms with Gasteiger partial charge in [0.1, 0.15) is 0 Å². The molecule has 0 spiro atoms. The van der Waals surface area contributed by atoms with Gasteiger partial charge in [-0.15, -0.1) is 0 Å². The highest BCUT2D eigenvalue weighted by Gasteiger charge is 2.29. The van der Waals surface area contributed by atoms with Crippen molar-refractivity contribution in [3.8, 4) is 11.5 Å². The number of nitrogens with one attached hydrogen (secondary N) is 1. The molecule has 1 unspecified atom stereocenters. The summed E-state index contributed by atoms with van der Waals surface area (Å²) in [4.78, 5) is 27.3. The van der Waals surface area contributed by atoms with E-state index >= 15 is 0 Å². The third kappa shape index (κ3) is 5.21. The van der Waals surface area contributed by atoms with Crippen molar-refractivity contribution in [2.45, 2.75) is 51.0 Å². The molecule has 2 amide bonds. The molecule has 1 aromatic rings. The van der Waals surface area contributed by atoms with E-state index < -0.39 is 0 Å². The highest BCUT2D eigenvalue weighted by molar-refractivity contribution is 5.81. The Morgan fingerprint density at radius 2 is 1.93 bits per heavy atom. The van der Waals surface area contributed by atoms with E-state index in [0.29, 0.717) is 39.1 Å². The lowest BCUT2D eigenvalue weighted by Crippen LogP contribution is -2.45. The van der Waals surface area contributed by atoms with E-state index in [4.69, 9.17) is 14.2 Å². The molecule has 29 heavy (non-hydrogen) atoms. The number of ether oxygens (including phenoxy) is 3. The van der Waals surface area contributed by atoms with Crippen molar-refractivity contribution in [2.24, 2.45) is 5.92 Å². The molecule has 2 fully saturated rings. The molecule has 1 aromatic carbocycles. The monoisotopic (exact) mass is 402 g/mol. The molecule has 3 aliphatic rings. The fourth-order valence-corrected chi connectivity index (χ4v) is 4.27. The number of amides is 2. The number of hydrogen-bond donors (Lipinski definition) is 1. The second kappa shape index (κ2) is 9.48. The zero-order valence-electron chi connectivity index (χ0n) is 16.9. The van der Waals surface area contributed by atoms with Crippen LogP contribution in [-0.4, -0.2) is 55.9 Å². The Labute approximate surface area is 171 Å². The van der Waals surface area contributed by atoms with Crippen LogP contribution in [0, 0.1) is 5.92 Å². The van der Waals surface area contributed by atoms with Crippen molar-refractivity contribution in [3.63, 3.8) is 0 Å². The van der Waals surface area contributed by atoms with Crippen LogP contribution in [0.25, 0.3) is 0 Å². The maximum Gasteiger partial charge on any atom is 0.231 e. The third-order valence-corrected chi connectivity index (χ3v) is 6.00. The minimum Gasteiger partial charge on any atom is -0.454 e. The smallest absolute Gasteiger partial charge is 0.231 e. The van der Waals surface area contributed by atoms with Gasteiger partial charge in [-0.05, 0) is 37.0 Å². The third-order valence-electron chi connectivity index (χ3n) is 6.00. The zero-order chi connectivity index (χ0) is 20.1. The predicted molar refractivity (Wildman–Crippen MR) is 107 cm³/mol. The normalized spacial score (nSPS) is 22.2. The van der Waals surface area contributed by atoms with E-state index in [1.165, 1.54) is 19.3 Å². The van der Waals surface area contributed by atoms with Gasteiger partial charge in [0.15, 0.2) is 11.5 Å². The SMILES string of the molecule is O=C(NC1CCCCC1)C1COCCN(C(=O)CCc2ccc3c(c2)OCO3)C1. The standard InChI is InChI=1S/C22H30N2O5/c25-21(9-7-16-6-8-19-20(12-16)29-15-28-19)24-10-11-27-14-17(13-24)22(26)23-18-4-2-1-3-5-18/h6,8,12,17-18H,1-5,7,9-11,13-15H2,(H,23,26). The van der Waals surface area contributed by atoms with Crippen LogP contribution in [0.15, 0.2) is 18.2 Å². The van der Waals surface area contributed by atoms with E-state index in [0.717, 1.165) is 29.9 Å². The lowest BCUT2D eigenvalue weighted by Gasteiger charge is -2.27. The van der Waals surface area contributed by atoms with Gasteiger partial charge >= 0.3 is 0 Å². The fraction of sp³-hybridized carbons (Fsp3) is 0.636. The average molecular weight is 402 g/mol. The number of nitrogens with zero attached hydrogens (tertiary/aromatic N) is 1. The van der Waals surface area contributed by atoms with Gasteiger partial charge in [-0.2, -0.15) is 0 Å². The molecule has 1 aliphatic carbocycles. The molecule has 158 valence electrons. The van der Waals surface area contributed by atoms with Crippen molar-refractivity contribution >= 4 is 11.8 Å². The first-order valence-electron chi connectivity index (χ1n) is 10.7. The van der Waals surface area contributed by atoms with Crippen LogP contribution in [0.4, 0.5) is 0 Å². The maximum absolute atomic E-state index is 12.8. The summed E-state index contributed by atoms with van der Waals surface area (Å²) in [5.41, 5.74) is 1.04. The van der Waals surface area contributed by atoms with Crippen molar-refractivity contribution in [1.29, 1.82) is 0 Å². The van der Waals surface area contributed by atoms with Crippen LogP contribution in [0.5, 0.6) is 11.5 Å². The highest BCUT2D eigenvalue weighted by Crippen LogP contribution is 2.32. The van der Waals surface area contributed by atoms with Gasteiger partial charge in [-0.25, -0.2) is 0 Å². The largest absolute Gasteiger partial charge is 0.454 e. The van der Waals surface area contributed by atoms with Gasteiger partial charge < -0.3 is 24.4 Å². The Bertz CT molecular complexity index is 732. The summed E-state index contributed by atoms with van der Waals surface area (Å²) in [6, 6.07) is 6.05. The first kappa shape index (κ1) is 20.0. The molecular weight excluding hydrogens is 372 g/mol. The number of benzene rings is 1. The zero-order valence-corrected chi connectivity index (χ0v) is 16.9. The summed E-state index contributed by atoms with van der Waals surface area (Å²) in [6.07, 6.45) is 6.75. The molecule has 1 saturated heterocycles. The van der Waals surface area contributed by atoms with E-state index in [9.17, 15) is 9.59 Å². The topological polar surface area (TPSA) is 77.1 Å². The molecule has 2 heterocycles. The molecule has 0 aromatic heterocycles. The molecule has 4 rings (SSSR count). The van der Waals surface area contributed by atoms with Gasteiger partial charge in [-0.3, -0.25) is 9.59 Å². The van der Waals surface area contributed by atoms with Gasteiger partial charge in [0.25, 0.3) is 0 Å². The van der Waals surface area contributed by atoms with Crippen molar-refractivity contribution in [3.05, 3.63) is 23.8 Å². The highest BCUT2D eigenvalue weighted by atomic mass is 16.7. The lowest BCUT2D eigenvalue weighted by atomic mass is 9.95. The molecule has 1 N–H and O–H groups in total. The number of carbonyl (C=O) groups excluding carboxylic acids is 2. The lowest BCUT2D eigenvalue weighted by molar-refractivity contribution is -0.133. The van der Waals surface area contributed by atoms with Gasteiger partial charge in [0.2, 0.25) is 18.6 Å². The quantitative estimate of drug-likeness (QED) is 0.818. The summed E-state index contributed by atoms with van der Waals surface area (Å²) in [7, 11) is 0. The van der Waals surface area contributed by atoms with Gasteiger partial charge in [0.05, 0.1) is 19.1 Å². The van der Waals surface area contributed by atoms with Gasteiger partial charge in [-0.1, -0.05) is 25.3 Å². The Hall–Kier alpha value is -2.28. The molecule has 0 bridgehead atoms. The van der Waals surface area contributed by atoms with Crippen LogP contribution in [0.3, 0.4) is 0 Å². The molecule has 0 radical (unpaired) electrons. The summed E-state index contributed by atoms with van der Waals surface area (Å²) in [5, 5.41) is 3.17. The second-order valence-electron chi connectivity index (χ2n) is 8.14.